The number of fused-ring (bicyclic) bond motifs is 1. The van der Waals surface area contributed by atoms with E-state index in [0.29, 0.717) is 12.1 Å². The zero-order valence-electron chi connectivity index (χ0n) is 11.0. The van der Waals surface area contributed by atoms with E-state index in [-0.39, 0.29) is 0 Å². The first-order valence-corrected chi connectivity index (χ1v) is 6.62. The van der Waals surface area contributed by atoms with Crippen molar-refractivity contribution in [1.82, 2.24) is 20.2 Å². The molecule has 0 saturated carbocycles. The summed E-state index contributed by atoms with van der Waals surface area (Å²) in [4.78, 5) is 10.1. The Bertz CT molecular complexity index is 523. The van der Waals surface area contributed by atoms with Crippen LogP contribution in [0.2, 0.25) is 0 Å². The van der Waals surface area contributed by atoms with Gasteiger partial charge in [0.25, 0.3) is 0 Å². The molecule has 96 valence electrons. The molecule has 1 aliphatic rings. The summed E-state index contributed by atoms with van der Waals surface area (Å²) < 4.78 is 0. The Morgan fingerprint density at radius 2 is 2.11 bits per heavy atom. The van der Waals surface area contributed by atoms with Crippen molar-refractivity contribution in [3.05, 3.63) is 30.1 Å². The number of rotatable bonds is 2. The third kappa shape index (κ3) is 2.26. The maximum absolute atomic E-state index is 4.34. The lowest BCUT2D eigenvalue weighted by molar-refractivity contribution is 0.167. The van der Waals surface area contributed by atoms with Crippen LogP contribution in [0.25, 0.3) is 11.0 Å². The number of hydrogen-bond donors (Lipinski definition) is 2. The summed E-state index contributed by atoms with van der Waals surface area (Å²) in [6, 6.07) is 5.28. The topological polar surface area (TPSA) is 44.0 Å². The van der Waals surface area contributed by atoms with Gasteiger partial charge >= 0.3 is 0 Å². The van der Waals surface area contributed by atoms with Crippen molar-refractivity contribution in [2.45, 2.75) is 32.5 Å². The van der Waals surface area contributed by atoms with Crippen LogP contribution in [0.3, 0.4) is 0 Å². The largest absolute Gasteiger partial charge is 0.346 e. The molecule has 2 aromatic rings. The van der Waals surface area contributed by atoms with E-state index in [2.05, 4.69) is 46.3 Å². The first-order valence-electron chi connectivity index (χ1n) is 6.62. The maximum atomic E-state index is 4.34. The molecule has 1 fully saturated rings. The van der Waals surface area contributed by atoms with Gasteiger partial charge < -0.3 is 10.3 Å². The number of aromatic amines is 1. The van der Waals surface area contributed by atoms with Crippen molar-refractivity contribution >= 4 is 11.0 Å². The van der Waals surface area contributed by atoms with Crippen LogP contribution >= 0.6 is 0 Å². The second kappa shape index (κ2) is 4.71. The summed E-state index contributed by atoms with van der Waals surface area (Å²) in [7, 11) is 0. The lowest BCUT2D eigenvalue weighted by Crippen LogP contribution is -2.53. The minimum atomic E-state index is 0.567. The quantitative estimate of drug-likeness (QED) is 0.846. The highest BCUT2D eigenvalue weighted by Crippen LogP contribution is 2.18. The fourth-order valence-electron chi connectivity index (χ4n) is 2.95. The molecule has 2 unspecified atom stereocenters. The molecule has 0 aromatic carbocycles. The monoisotopic (exact) mass is 244 g/mol. The molecule has 2 aromatic heterocycles. The average molecular weight is 244 g/mol. The molecule has 0 aliphatic carbocycles. The highest BCUT2D eigenvalue weighted by Gasteiger charge is 2.21. The summed E-state index contributed by atoms with van der Waals surface area (Å²) in [6.45, 7) is 7.72. The molecular formula is C14H20N4. The summed E-state index contributed by atoms with van der Waals surface area (Å²) in [5, 5.41) is 4.81. The van der Waals surface area contributed by atoms with Crippen LogP contribution in [0.1, 0.15) is 19.4 Å². The van der Waals surface area contributed by atoms with Gasteiger partial charge in [0.2, 0.25) is 0 Å². The Morgan fingerprint density at radius 1 is 1.33 bits per heavy atom. The van der Waals surface area contributed by atoms with Gasteiger partial charge in [-0.3, -0.25) is 4.90 Å². The first-order chi connectivity index (χ1) is 8.72. The second-order valence-corrected chi connectivity index (χ2v) is 5.38. The Balaban J connectivity index is 1.79. The molecule has 0 radical (unpaired) electrons. The molecule has 1 aliphatic heterocycles. The van der Waals surface area contributed by atoms with Gasteiger partial charge in [0.1, 0.15) is 5.65 Å². The molecule has 1 saturated heterocycles. The van der Waals surface area contributed by atoms with Gasteiger partial charge in [0, 0.05) is 49.5 Å². The van der Waals surface area contributed by atoms with Crippen LogP contribution in [-0.4, -0.2) is 40.0 Å². The van der Waals surface area contributed by atoms with Crippen LogP contribution in [0.15, 0.2) is 24.5 Å². The van der Waals surface area contributed by atoms with E-state index in [1.54, 1.807) is 0 Å². The zero-order chi connectivity index (χ0) is 12.5. The molecule has 4 heteroatoms. The van der Waals surface area contributed by atoms with Gasteiger partial charge in [-0.2, -0.15) is 0 Å². The molecule has 2 atom stereocenters. The van der Waals surface area contributed by atoms with Crippen LogP contribution < -0.4 is 5.32 Å². The van der Waals surface area contributed by atoms with Crippen molar-refractivity contribution in [2.24, 2.45) is 0 Å². The standard InChI is InChI=1S/C14H20N4/c1-10-7-18(8-11(2)17-10)9-12-6-16-14-13(12)4-3-5-15-14/h3-6,10-11,17H,7-9H2,1-2H3,(H,15,16). The van der Waals surface area contributed by atoms with E-state index >= 15 is 0 Å². The van der Waals surface area contributed by atoms with Gasteiger partial charge in [-0.05, 0) is 31.5 Å². The van der Waals surface area contributed by atoms with E-state index < -0.39 is 0 Å². The maximum Gasteiger partial charge on any atom is 0.137 e. The van der Waals surface area contributed by atoms with Crippen LogP contribution in [0.5, 0.6) is 0 Å². The summed E-state index contributed by atoms with van der Waals surface area (Å²) in [5.74, 6) is 0. The van der Waals surface area contributed by atoms with E-state index in [4.69, 9.17) is 0 Å². The lowest BCUT2D eigenvalue weighted by Gasteiger charge is -2.36. The Labute approximate surface area is 107 Å². The third-order valence-electron chi connectivity index (χ3n) is 3.56. The van der Waals surface area contributed by atoms with Crippen molar-refractivity contribution in [2.75, 3.05) is 13.1 Å². The van der Waals surface area contributed by atoms with E-state index in [0.717, 1.165) is 25.3 Å². The number of nitrogens with one attached hydrogen (secondary N) is 2. The van der Waals surface area contributed by atoms with E-state index in [1.807, 2.05) is 12.3 Å². The van der Waals surface area contributed by atoms with Gasteiger partial charge in [0.15, 0.2) is 0 Å². The Morgan fingerprint density at radius 3 is 2.89 bits per heavy atom. The van der Waals surface area contributed by atoms with E-state index in [9.17, 15) is 0 Å². The minimum absolute atomic E-state index is 0.567. The molecule has 4 nitrogen and oxygen atoms in total. The number of pyridine rings is 1. The van der Waals surface area contributed by atoms with Gasteiger partial charge in [-0.25, -0.2) is 4.98 Å². The predicted octanol–water partition coefficient (Wildman–Crippen LogP) is 1.75. The van der Waals surface area contributed by atoms with Gasteiger partial charge in [0.05, 0.1) is 0 Å². The lowest BCUT2D eigenvalue weighted by atomic mass is 10.1. The SMILES string of the molecule is CC1CN(Cc2c[nH]c3ncccc23)CC(C)N1. The molecule has 0 amide bonds. The number of nitrogens with zero attached hydrogens (tertiary/aromatic N) is 2. The fourth-order valence-corrected chi connectivity index (χ4v) is 2.95. The summed E-state index contributed by atoms with van der Waals surface area (Å²) in [6.07, 6.45) is 3.92. The number of hydrogen-bond acceptors (Lipinski definition) is 3. The van der Waals surface area contributed by atoms with Crippen LogP contribution in [-0.2, 0) is 6.54 Å². The Hall–Kier alpha value is -1.39. The van der Waals surface area contributed by atoms with E-state index in [1.165, 1.54) is 10.9 Å². The fraction of sp³-hybridized carbons (Fsp3) is 0.500. The first kappa shape index (κ1) is 11.7. The predicted molar refractivity (Wildman–Crippen MR) is 73.4 cm³/mol. The van der Waals surface area contributed by atoms with Gasteiger partial charge in [-0.1, -0.05) is 0 Å². The molecule has 18 heavy (non-hydrogen) atoms. The molecular weight excluding hydrogens is 224 g/mol. The Kier molecular flexibility index (Phi) is 3.06. The summed E-state index contributed by atoms with van der Waals surface area (Å²) in [5.41, 5.74) is 2.34. The highest BCUT2D eigenvalue weighted by molar-refractivity contribution is 5.79. The van der Waals surface area contributed by atoms with Crippen LogP contribution in [0, 0.1) is 0 Å². The van der Waals surface area contributed by atoms with Gasteiger partial charge in [-0.15, -0.1) is 0 Å². The summed E-state index contributed by atoms with van der Waals surface area (Å²) >= 11 is 0. The molecule has 2 N–H and O–H groups in total. The molecule has 0 spiro atoms. The van der Waals surface area contributed by atoms with Crippen molar-refractivity contribution in [3.8, 4) is 0 Å². The molecule has 0 bridgehead atoms. The number of H-pyrrole nitrogens is 1. The van der Waals surface area contributed by atoms with Crippen LogP contribution in [0.4, 0.5) is 0 Å². The third-order valence-corrected chi connectivity index (χ3v) is 3.56. The normalized spacial score (nSPS) is 25.7. The second-order valence-electron chi connectivity index (χ2n) is 5.38. The van der Waals surface area contributed by atoms with Crippen molar-refractivity contribution in [1.29, 1.82) is 0 Å². The minimum Gasteiger partial charge on any atom is -0.346 e. The number of piperazine rings is 1. The average Bonchev–Trinajstić information content (AvgIpc) is 2.72. The van der Waals surface area contributed by atoms with Crippen molar-refractivity contribution < 1.29 is 0 Å². The number of aromatic nitrogens is 2. The highest BCUT2D eigenvalue weighted by atomic mass is 15.2. The molecule has 3 heterocycles. The van der Waals surface area contributed by atoms with Crippen molar-refractivity contribution in [3.63, 3.8) is 0 Å². The zero-order valence-corrected chi connectivity index (χ0v) is 11.0. The smallest absolute Gasteiger partial charge is 0.137 e. The molecule has 3 rings (SSSR count).